The Kier molecular flexibility index (Phi) is 4.17. The minimum atomic E-state index is -0.209. The van der Waals surface area contributed by atoms with Crippen LogP contribution >= 0.6 is 15.9 Å². The minimum Gasteiger partial charge on any atom is -0.344 e. The molecule has 2 aromatic heterocycles. The largest absolute Gasteiger partial charge is 0.344 e. The van der Waals surface area contributed by atoms with Gasteiger partial charge in [0.15, 0.2) is 11.3 Å². The smallest absolute Gasteiger partial charge is 0.272 e. The summed E-state index contributed by atoms with van der Waals surface area (Å²) < 4.78 is 2.39. The van der Waals surface area contributed by atoms with E-state index in [9.17, 15) is 4.79 Å². The van der Waals surface area contributed by atoms with Crippen LogP contribution < -0.4 is 5.32 Å². The van der Waals surface area contributed by atoms with E-state index in [1.807, 2.05) is 6.92 Å². The van der Waals surface area contributed by atoms with Crippen molar-refractivity contribution in [2.75, 3.05) is 0 Å². The fraction of sp³-hybridized carbons (Fsp3) is 0.235. The summed E-state index contributed by atoms with van der Waals surface area (Å²) in [6.07, 6.45) is 3.45. The highest BCUT2D eigenvalue weighted by molar-refractivity contribution is 9.10. The summed E-state index contributed by atoms with van der Waals surface area (Å²) in [5.41, 5.74) is 4.47. The number of halogens is 1. The summed E-state index contributed by atoms with van der Waals surface area (Å²) >= 11 is 3.34. The van der Waals surface area contributed by atoms with Crippen LogP contribution in [0.3, 0.4) is 0 Å². The van der Waals surface area contributed by atoms with Crippen LogP contribution in [0.2, 0.25) is 0 Å². The lowest BCUT2D eigenvalue weighted by Gasteiger charge is -2.16. The van der Waals surface area contributed by atoms with E-state index in [1.54, 1.807) is 23.0 Å². The van der Waals surface area contributed by atoms with Gasteiger partial charge in [-0.2, -0.15) is 5.10 Å². The zero-order chi connectivity index (χ0) is 16.6. The molecule has 0 saturated carbocycles. The first-order chi connectivity index (χ1) is 10.9. The zero-order valence-electron chi connectivity index (χ0n) is 13.2. The summed E-state index contributed by atoms with van der Waals surface area (Å²) in [6, 6.07) is 7.81. The minimum absolute atomic E-state index is 0.0902. The molecule has 0 aliphatic rings. The van der Waals surface area contributed by atoms with E-state index in [0.717, 1.165) is 10.0 Å². The molecule has 0 aliphatic heterocycles. The Balaban J connectivity index is 1.82. The predicted molar refractivity (Wildman–Crippen MR) is 92.5 cm³/mol. The van der Waals surface area contributed by atoms with Crippen molar-refractivity contribution in [3.63, 3.8) is 0 Å². The number of rotatable bonds is 3. The van der Waals surface area contributed by atoms with Crippen LogP contribution in [0.25, 0.3) is 5.65 Å². The molecule has 0 unspecified atom stereocenters. The fourth-order valence-electron chi connectivity index (χ4n) is 2.62. The molecule has 0 fully saturated rings. The summed E-state index contributed by atoms with van der Waals surface area (Å²) in [5, 5.41) is 7.26. The van der Waals surface area contributed by atoms with Crippen LogP contribution in [-0.4, -0.2) is 20.5 Å². The number of fused-ring (bicyclic) bond motifs is 1. The molecule has 0 bridgehead atoms. The molecular formula is C17H17BrN4O. The maximum Gasteiger partial charge on any atom is 0.272 e. The van der Waals surface area contributed by atoms with Crippen LogP contribution in [-0.2, 0) is 0 Å². The Morgan fingerprint density at radius 3 is 2.83 bits per heavy atom. The second-order valence-electron chi connectivity index (χ2n) is 5.66. The lowest BCUT2D eigenvalue weighted by atomic mass is 10.0. The summed E-state index contributed by atoms with van der Waals surface area (Å²) in [6.45, 7) is 6.08. The molecular weight excluding hydrogens is 356 g/mol. The molecule has 1 atom stereocenters. The maximum absolute atomic E-state index is 12.4. The molecule has 1 amide bonds. The SMILES string of the molecule is Cc1ccc([C@@H](C)NC(=O)c2cc3ncc(Br)cn3n2)c(C)c1. The van der Waals surface area contributed by atoms with Gasteiger partial charge in [-0.3, -0.25) is 4.79 Å². The normalized spacial score (nSPS) is 12.3. The van der Waals surface area contributed by atoms with E-state index in [0.29, 0.717) is 11.3 Å². The topological polar surface area (TPSA) is 59.3 Å². The first kappa shape index (κ1) is 15.7. The second-order valence-corrected chi connectivity index (χ2v) is 6.58. The Morgan fingerprint density at radius 1 is 1.30 bits per heavy atom. The molecule has 23 heavy (non-hydrogen) atoms. The number of amides is 1. The van der Waals surface area contributed by atoms with Crippen LogP contribution in [0, 0.1) is 13.8 Å². The van der Waals surface area contributed by atoms with Gasteiger partial charge in [-0.15, -0.1) is 0 Å². The predicted octanol–water partition coefficient (Wildman–Crippen LogP) is 3.60. The monoisotopic (exact) mass is 372 g/mol. The van der Waals surface area contributed by atoms with Gasteiger partial charge in [0.05, 0.1) is 10.5 Å². The van der Waals surface area contributed by atoms with Gasteiger partial charge in [-0.25, -0.2) is 9.50 Å². The summed E-state index contributed by atoms with van der Waals surface area (Å²) in [4.78, 5) is 16.7. The molecule has 2 heterocycles. The molecule has 0 spiro atoms. The number of aromatic nitrogens is 3. The molecule has 3 rings (SSSR count). The van der Waals surface area contributed by atoms with E-state index < -0.39 is 0 Å². The molecule has 0 aliphatic carbocycles. The number of benzene rings is 1. The third kappa shape index (κ3) is 3.27. The highest BCUT2D eigenvalue weighted by atomic mass is 79.9. The van der Waals surface area contributed by atoms with Crippen molar-refractivity contribution in [3.05, 3.63) is 63.5 Å². The van der Waals surface area contributed by atoms with Gasteiger partial charge in [-0.1, -0.05) is 23.8 Å². The van der Waals surface area contributed by atoms with E-state index in [-0.39, 0.29) is 11.9 Å². The number of hydrogen-bond acceptors (Lipinski definition) is 3. The van der Waals surface area contributed by atoms with Gasteiger partial charge in [0.1, 0.15) is 0 Å². The number of nitrogens with one attached hydrogen (secondary N) is 1. The first-order valence-electron chi connectivity index (χ1n) is 7.33. The number of nitrogens with zero attached hydrogens (tertiary/aromatic N) is 3. The van der Waals surface area contributed by atoms with E-state index >= 15 is 0 Å². The molecule has 118 valence electrons. The van der Waals surface area contributed by atoms with Crippen molar-refractivity contribution >= 4 is 27.5 Å². The van der Waals surface area contributed by atoms with Crippen molar-refractivity contribution < 1.29 is 4.79 Å². The number of aryl methyl sites for hydroxylation is 2. The highest BCUT2D eigenvalue weighted by Gasteiger charge is 2.16. The van der Waals surface area contributed by atoms with Gasteiger partial charge < -0.3 is 5.32 Å². The summed E-state index contributed by atoms with van der Waals surface area (Å²) in [7, 11) is 0. The Hall–Kier alpha value is -2.21. The first-order valence-corrected chi connectivity index (χ1v) is 8.12. The number of carbonyl (C=O) groups excluding carboxylic acids is 1. The van der Waals surface area contributed by atoms with Crippen LogP contribution in [0.5, 0.6) is 0 Å². The van der Waals surface area contributed by atoms with Crippen molar-refractivity contribution in [3.8, 4) is 0 Å². The molecule has 0 saturated heterocycles. The average molecular weight is 373 g/mol. The van der Waals surface area contributed by atoms with Gasteiger partial charge >= 0.3 is 0 Å². The Labute approximate surface area is 142 Å². The molecule has 1 aromatic carbocycles. The van der Waals surface area contributed by atoms with Crippen molar-refractivity contribution in [1.82, 2.24) is 19.9 Å². The molecule has 6 heteroatoms. The molecule has 1 N–H and O–H groups in total. The van der Waals surface area contributed by atoms with Crippen molar-refractivity contribution in [2.45, 2.75) is 26.8 Å². The molecule has 0 radical (unpaired) electrons. The van der Waals surface area contributed by atoms with Crippen LogP contribution in [0.15, 0.2) is 41.1 Å². The van der Waals surface area contributed by atoms with Crippen LogP contribution in [0.1, 0.15) is 40.1 Å². The van der Waals surface area contributed by atoms with Gasteiger partial charge in [-0.05, 0) is 47.8 Å². The molecule has 5 nitrogen and oxygen atoms in total. The van der Waals surface area contributed by atoms with Crippen molar-refractivity contribution in [2.24, 2.45) is 0 Å². The van der Waals surface area contributed by atoms with E-state index in [1.165, 1.54) is 11.1 Å². The lowest BCUT2D eigenvalue weighted by molar-refractivity contribution is 0.0934. The third-order valence-electron chi connectivity index (χ3n) is 3.75. The van der Waals surface area contributed by atoms with Gasteiger partial charge in [0, 0.05) is 18.5 Å². The third-order valence-corrected chi connectivity index (χ3v) is 4.16. The van der Waals surface area contributed by atoms with Crippen molar-refractivity contribution in [1.29, 1.82) is 0 Å². The molecule has 3 aromatic rings. The summed E-state index contributed by atoms with van der Waals surface area (Å²) in [5.74, 6) is -0.209. The fourth-order valence-corrected chi connectivity index (χ4v) is 2.92. The maximum atomic E-state index is 12.4. The zero-order valence-corrected chi connectivity index (χ0v) is 14.8. The number of hydrogen-bond donors (Lipinski definition) is 1. The highest BCUT2D eigenvalue weighted by Crippen LogP contribution is 2.19. The average Bonchev–Trinajstić information content (AvgIpc) is 2.90. The lowest BCUT2D eigenvalue weighted by Crippen LogP contribution is -2.27. The quantitative estimate of drug-likeness (QED) is 0.763. The van der Waals surface area contributed by atoms with Gasteiger partial charge in [0.25, 0.3) is 5.91 Å². The standard InChI is InChI=1S/C17H17BrN4O/c1-10-4-5-14(11(2)6-10)12(3)20-17(23)15-7-16-19-8-13(18)9-22(16)21-15/h4-9,12H,1-3H3,(H,20,23)/t12-/m1/s1. The Bertz CT molecular complexity index is 887. The van der Waals surface area contributed by atoms with E-state index in [4.69, 9.17) is 0 Å². The van der Waals surface area contributed by atoms with E-state index in [2.05, 4.69) is 63.4 Å². The Morgan fingerprint density at radius 2 is 2.09 bits per heavy atom. The van der Waals surface area contributed by atoms with Gasteiger partial charge in [0.2, 0.25) is 0 Å². The van der Waals surface area contributed by atoms with Crippen LogP contribution in [0.4, 0.5) is 0 Å². The second kappa shape index (κ2) is 6.12. The number of carbonyl (C=O) groups is 1.